The van der Waals surface area contributed by atoms with Gasteiger partial charge in [0, 0.05) is 12.8 Å². The lowest BCUT2D eigenvalue weighted by atomic mass is 10.4. The monoisotopic (exact) mass is 130 g/mol. The summed E-state index contributed by atoms with van der Waals surface area (Å²) >= 11 is 0. The van der Waals surface area contributed by atoms with Gasteiger partial charge in [-0.3, -0.25) is 4.99 Å². The summed E-state index contributed by atoms with van der Waals surface area (Å²) < 4.78 is 12.1. The number of aliphatic imine (C=N–C) groups is 1. The molecule has 0 aliphatic heterocycles. The first-order valence-electron chi connectivity index (χ1n) is 3.20. The van der Waals surface area contributed by atoms with Crippen LogP contribution in [0.5, 0.6) is 0 Å². The van der Waals surface area contributed by atoms with Crippen molar-refractivity contribution in [2.24, 2.45) is 10.7 Å². The second-order valence-corrected chi connectivity index (χ2v) is 2.29. The summed E-state index contributed by atoms with van der Waals surface area (Å²) in [6.45, 7) is 1.91. The third-order valence-electron chi connectivity index (χ3n) is 1.37. The van der Waals surface area contributed by atoms with Crippen LogP contribution in [0, 0.1) is 0 Å². The van der Waals surface area contributed by atoms with Crippen LogP contribution in [0.2, 0.25) is 0 Å². The maximum atomic E-state index is 12.1. The zero-order chi connectivity index (χ0) is 6.85. The Kier molecular flexibility index (Phi) is 1.69. The molecule has 1 rings (SSSR count). The van der Waals surface area contributed by atoms with Gasteiger partial charge < -0.3 is 5.73 Å². The van der Waals surface area contributed by atoms with Crippen molar-refractivity contribution >= 4 is 5.84 Å². The maximum absolute atomic E-state index is 12.1. The normalized spacial score (nSPS) is 34.7. The number of halogens is 1. The van der Waals surface area contributed by atoms with Gasteiger partial charge >= 0.3 is 0 Å². The van der Waals surface area contributed by atoms with Gasteiger partial charge in [0.15, 0.2) is 0 Å². The number of hydrogen-bond acceptors (Lipinski definition) is 1. The molecule has 0 saturated heterocycles. The Morgan fingerprint density at radius 1 is 1.89 bits per heavy atom. The highest BCUT2D eigenvalue weighted by Crippen LogP contribution is 2.28. The minimum Gasteiger partial charge on any atom is -0.387 e. The molecule has 2 unspecified atom stereocenters. The predicted molar refractivity (Wildman–Crippen MR) is 35.2 cm³/mol. The molecule has 0 heterocycles. The van der Waals surface area contributed by atoms with Gasteiger partial charge in [0.05, 0.1) is 11.9 Å². The summed E-state index contributed by atoms with van der Waals surface area (Å²) in [5.41, 5.74) is 5.36. The number of hydrogen-bond donors (Lipinski definition) is 1. The van der Waals surface area contributed by atoms with E-state index in [1.165, 1.54) is 0 Å². The van der Waals surface area contributed by atoms with Crippen molar-refractivity contribution < 1.29 is 4.39 Å². The molecule has 1 fully saturated rings. The number of amidine groups is 1. The van der Waals surface area contributed by atoms with Crippen molar-refractivity contribution in [2.45, 2.75) is 32.0 Å². The van der Waals surface area contributed by atoms with E-state index in [-0.39, 0.29) is 6.04 Å². The molecule has 0 spiro atoms. The quantitative estimate of drug-likeness (QED) is 0.437. The molecule has 1 aliphatic rings. The topological polar surface area (TPSA) is 38.4 Å². The van der Waals surface area contributed by atoms with Gasteiger partial charge in [-0.05, 0) is 0 Å². The Balaban J connectivity index is 2.31. The van der Waals surface area contributed by atoms with Crippen LogP contribution in [0.3, 0.4) is 0 Å². The highest BCUT2D eigenvalue weighted by atomic mass is 19.1. The van der Waals surface area contributed by atoms with Gasteiger partial charge in [0.2, 0.25) is 0 Å². The summed E-state index contributed by atoms with van der Waals surface area (Å²) in [5.74, 6) is 0.570. The molecule has 3 heteroatoms. The second kappa shape index (κ2) is 2.33. The number of rotatable bonds is 2. The summed E-state index contributed by atoms with van der Waals surface area (Å²) in [6.07, 6.45) is 0.583. The van der Waals surface area contributed by atoms with Crippen LogP contribution in [0.15, 0.2) is 4.99 Å². The molecule has 0 amide bonds. The molecule has 0 aromatic heterocycles. The molecular formula is C6H11FN2. The van der Waals surface area contributed by atoms with Crippen LogP contribution in [-0.2, 0) is 0 Å². The molecule has 0 radical (unpaired) electrons. The van der Waals surface area contributed by atoms with Gasteiger partial charge in [-0.15, -0.1) is 0 Å². The van der Waals surface area contributed by atoms with Crippen LogP contribution in [0.25, 0.3) is 0 Å². The Bertz CT molecular complexity index is 133. The summed E-state index contributed by atoms with van der Waals surface area (Å²) in [5, 5.41) is 0. The van der Waals surface area contributed by atoms with Crippen molar-refractivity contribution in [3.05, 3.63) is 0 Å². The second-order valence-electron chi connectivity index (χ2n) is 2.29. The van der Waals surface area contributed by atoms with Gasteiger partial charge in [-0.1, -0.05) is 6.92 Å². The first kappa shape index (κ1) is 6.52. The zero-order valence-corrected chi connectivity index (χ0v) is 5.47. The van der Waals surface area contributed by atoms with E-state index in [0.717, 1.165) is 6.42 Å². The van der Waals surface area contributed by atoms with Crippen molar-refractivity contribution in [1.29, 1.82) is 0 Å². The van der Waals surface area contributed by atoms with E-state index in [9.17, 15) is 4.39 Å². The Morgan fingerprint density at radius 3 is 2.78 bits per heavy atom. The first-order valence-corrected chi connectivity index (χ1v) is 3.20. The minimum atomic E-state index is -0.713. The molecular weight excluding hydrogens is 119 g/mol. The molecule has 52 valence electrons. The number of nitrogens with zero attached hydrogens (tertiary/aromatic N) is 1. The van der Waals surface area contributed by atoms with Crippen molar-refractivity contribution in [1.82, 2.24) is 0 Å². The lowest BCUT2D eigenvalue weighted by Crippen LogP contribution is -2.10. The van der Waals surface area contributed by atoms with E-state index in [4.69, 9.17) is 5.73 Å². The van der Waals surface area contributed by atoms with E-state index in [0.29, 0.717) is 12.3 Å². The zero-order valence-electron chi connectivity index (χ0n) is 5.47. The largest absolute Gasteiger partial charge is 0.387 e. The molecule has 1 aliphatic carbocycles. The van der Waals surface area contributed by atoms with E-state index < -0.39 is 6.17 Å². The fraction of sp³-hybridized carbons (Fsp3) is 0.833. The summed E-state index contributed by atoms with van der Waals surface area (Å²) in [6, 6.07) is -0.107. The molecule has 1 saturated carbocycles. The highest BCUT2D eigenvalue weighted by molar-refractivity contribution is 5.80. The highest BCUT2D eigenvalue weighted by Gasteiger charge is 2.37. The summed E-state index contributed by atoms with van der Waals surface area (Å²) in [4.78, 5) is 3.91. The smallest absolute Gasteiger partial charge is 0.125 e. The SMILES string of the molecule is CC/C(N)=N/C1CC1F. The molecule has 0 bridgehead atoms. The molecule has 0 aromatic carbocycles. The fourth-order valence-corrected chi connectivity index (χ4v) is 0.590. The molecule has 2 nitrogen and oxygen atoms in total. The Labute approximate surface area is 54.0 Å². The molecule has 2 N–H and O–H groups in total. The van der Waals surface area contributed by atoms with Crippen molar-refractivity contribution in [3.8, 4) is 0 Å². The number of nitrogens with two attached hydrogens (primary N) is 1. The van der Waals surface area contributed by atoms with Crippen LogP contribution < -0.4 is 5.73 Å². The third-order valence-corrected chi connectivity index (χ3v) is 1.37. The van der Waals surface area contributed by atoms with Crippen LogP contribution in [-0.4, -0.2) is 18.0 Å². The molecule has 2 atom stereocenters. The van der Waals surface area contributed by atoms with Gasteiger partial charge in [-0.2, -0.15) is 0 Å². The van der Waals surface area contributed by atoms with E-state index in [2.05, 4.69) is 4.99 Å². The Morgan fingerprint density at radius 2 is 2.44 bits per heavy atom. The Hall–Kier alpha value is -0.600. The lowest BCUT2D eigenvalue weighted by molar-refractivity contribution is 0.468. The lowest BCUT2D eigenvalue weighted by Gasteiger charge is -1.91. The fourth-order valence-electron chi connectivity index (χ4n) is 0.590. The van der Waals surface area contributed by atoms with Gasteiger partial charge in [0.1, 0.15) is 6.17 Å². The standard InChI is InChI=1S/C6H11FN2/c1-2-6(8)9-5-3-4(5)7/h4-5H,2-3H2,1H3,(H2,8,9). The van der Waals surface area contributed by atoms with Gasteiger partial charge in [0.25, 0.3) is 0 Å². The van der Waals surface area contributed by atoms with E-state index in [1.54, 1.807) is 0 Å². The van der Waals surface area contributed by atoms with Gasteiger partial charge in [-0.25, -0.2) is 4.39 Å². The molecule has 9 heavy (non-hydrogen) atoms. The minimum absolute atomic E-state index is 0.107. The van der Waals surface area contributed by atoms with Crippen LogP contribution in [0.1, 0.15) is 19.8 Å². The van der Waals surface area contributed by atoms with Crippen molar-refractivity contribution in [3.63, 3.8) is 0 Å². The number of alkyl halides is 1. The van der Waals surface area contributed by atoms with Crippen molar-refractivity contribution in [2.75, 3.05) is 0 Å². The maximum Gasteiger partial charge on any atom is 0.125 e. The third kappa shape index (κ3) is 1.66. The van der Waals surface area contributed by atoms with E-state index in [1.807, 2.05) is 6.92 Å². The van der Waals surface area contributed by atoms with Crippen LogP contribution in [0.4, 0.5) is 4.39 Å². The average molecular weight is 130 g/mol. The average Bonchev–Trinajstić information content (AvgIpc) is 2.47. The van der Waals surface area contributed by atoms with E-state index >= 15 is 0 Å². The predicted octanol–water partition coefficient (Wildman–Crippen LogP) is 0.864. The molecule has 0 aromatic rings. The summed E-state index contributed by atoms with van der Waals surface area (Å²) in [7, 11) is 0. The first-order chi connectivity index (χ1) is 4.24. The van der Waals surface area contributed by atoms with Crippen LogP contribution >= 0.6 is 0 Å².